The van der Waals surface area contributed by atoms with Crippen LogP contribution in [-0.4, -0.2) is 17.9 Å². The fourth-order valence-electron chi connectivity index (χ4n) is 3.88. The van der Waals surface area contributed by atoms with E-state index in [0.29, 0.717) is 5.56 Å². The van der Waals surface area contributed by atoms with Crippen molar-refractivity contribution in [2.45, 2.75) is 66.7 Å². The van der Waals surface area contributed by atoms with Gasteiger partial charge in [0.1, 0.15) is 5.78 Å². The van der Waals surface area contributed by atoms with E-state index < -0.39 is 5.82 Å². The van der Waals surface area contributed by atoms with Gasteiger partial charge in [-0.2, -0.15) is 0 Å². The number of benzene rings is 2. The molecule has 0 bridgehead atoms. The number of nitrogens with two attached hydrogens (primary N) is 1. The lowest BCUT2D eigenvalue weighted by molar-refractivity contribution is -0.122. The van der Waals surface area contributed by atoms with Gasteiger partial charge in [0.25, 0.3) is 0 Å². The molecule has 3 rings (SSSR count). The van der Waals surface area contributed by atoms with Crippen LogP contribution in [0.25, 0.3) is 0 Å². The molecule has 0 saturated heterocycles. The molecule has 0 amide bonds. The van der Waals surface area contributed by atoms with Crippen molar-refractivity contribution in [2.24, 2.45) is 5.73 Å². The van der Waals surface area contributed by atoms with E-state index in [4.69, 9.17) is 5.11 Å². The Morgan fingerprint density at radius 3 is 2.00 bits per heavy atom. The van der Waals surface area contributed by atoms with E-state index in [2.05, 4.69) is 51.3 Å². The summed E-state index contributed by atoms with van der Waals surface area (Å²) in [5.74, 6) is -0.551. The van der Waals surface area contributed by atoms with Crippen molar-refractivity contribution in [3.05, 3.63) is 88.3 Å². The summed E-state index contributed by atoms with van der Waals surface area (Å²) in [4.78, 5) is 12.4. The summed E-state index contributed by atoms with van der Waals surface area (Å²) < 4.78 is 12.5. The number of hydrogen-bond acceptors (Lipinski definition) is 3. The first kappa shape index (κ1) is 29.3. The molecule has 0 aromatic heterocycles. The predicted octanol–water partition coefficient (Wildman–Crippen LogP) is 6.87. The summed E-state index contributed by atoms with van der Waals surface area (Å²) in [5, 5.41) is 8.73. The average molecular weight is 442 g/mol. The van der Waals surface area contributed by atoms with Crippen LogP contribution in [0.1, 0.15) is 62.8 Å². The minimum atomic E-state index is -0.530. The van der Waals surface area contributed by atoms with Gasteiger partial charge in [0, 0.05) is 0 Å². The highest BCUT2D eigenvalue weighted by molar-refractivity contribution is 5.90. The number of halogens is 1. The molecule has 1 aliphatic carbocycles. The molecule has 32 heavy (non-hydrogen) atoms. The molecule has 3 nitrogen and oxygen atoms in total. The number of allylic oxidation sites excluding steroid dienone is 3. The van der Waals surface area contributed by atoms with Gasteiger partial charge < -0.3 is 10.8 Å². The molecular weight excluding hydrogens is 401 g/mol. The van der Waals surface area contributed by atoms with Crippen molar-refractivity contribution >= 4 is 5.78 Å². The highest BCUT2D eigenvalue weighted by atomic mass is 19.1. The van der Waals surface area contributed by atoms with Crippen molar-refractivity contribution in [3.63, 3.8) is 0 Å². The summed E-state index contributed by atoms with van der Waals surface area (Å²) in [6.07, 6.45) is 3.53. The third-order valence-corrected chi connectivity index (χ3v) is 5.82. The van der Waals surface area contributed by atoms with Gasteiger partial charge in [-0.15, -0.1) is 0 Å². The molecule has 3 N–H and O–H groups in total. The predicted molar refractivity (Wildman–Crippen MR) is 135 cm³/mol. The molecule has 4 heteroatoms. The highest BCUT2D eigenvalue weighted by Gasteiger charge is 2.43. The maximum absolute atomic E-state index is 12.5. The quantitative estimate of drug-likeness (QED) is 0.546. The summed E-state index contributed by atoms with van der Waals surface area (Å²) in [7, 11) is 1.50. The van der Waals surface area contributed by atoms with Gasteiger partial charge in [0.15, 0.2) is 11.6 Å². The van der Waals surface area contributed by atoms with Crippen LogP contribution < -0.4 is 5.73 Å². The Labute approximate surface area is 193 Å². The summed E-state index contributed by atoms with van der Waals surface area (Å²) in [6, 6.07) is 10.8. The number of carbonyl (C=O) groups is 1. The highest BCUT2D eigenvalue weighted by Crippen LogP contribution is 2.46. The summed E-state index contributed by atoms with van der Waals surface area (Å²) >= 11 is 0. The van der Waals surface area contributed by atoms with Crippen LogP contribution >= 0.6 is 0 Å². The summed E-state index contributed by atoms with van der Waals surface area (Å²) in [5.41, 5.74) is 10.8. The fourth-order valence-corrected chi connectivity index (χ4v) is 3.88. The number of rotatable bonds is 3. The number of carbonyl (C=O) groups excluding carboxylic acids is 1. The first-order valence-electron chi connectivity index (χ1n) is 11.0. The second kappa shape index (κ2) is 13.6. The molecule has 0 saturated carbocycles. The molecule has 0 unspecified atom stereocenters. The molecule has 0 heterocycles. The zero-order valence-corrected chi connectivity index (χ0v) is 21.0. The van der Waals surface area contributed by atoms with E-state index in [9.17, 15) is 9.18 Å². The first-order chi connectivity index (χ1) is 15.1. The SMILES string of the molecule is C=CC1=C(C)C[C@](C(C)=O)(c2cccc(C)c2C)C1.CC.CN.Cc1cccc(O)c1F. The number of aromatic hydroxyl groups is 1. The monoisotopic (exact) mass is 441 g/mol. The van der Waals surface area contributed by atoms with Gasteiger partial charge in [-0.25, -0.2) is 4.39 Å². The van der Waals surface area contributed by atoms with Crippen LogP contribution in [0.2, 0.25) is 0 Å². The standard InChI is InChI=1S/C18H22O.C7H7FO.C2H6.CH5N/c1-6-16-11-18(15(5)19,10-13(16)3)17-9-7-8-12(2)14(17)4;1-5-3-2-4-6(9)7(5)8;2*1-2/h6-9H,1,10-11H2,2-5H3;2-4,9H,1H3;1-2H3;2H2,1H3/t18-;;;/m0.../s1. The van der Waals surface area contributed by atoms with Crippen LogP contribution in [-0.2, 0) is 10.2 Å². The first-order valence-corrected chi connectivity index (χ1v) is 11.0. The number of hydrogen-bond donors (Lipinski definition) is 2. The zero-order chi connectivity index (χ0) is 25.1. The zero-order valence-electron chi connectivity index (χ0n) is 21.0. The number of phenolic OH excluding ortho intramolecular Hbond substituents is 1. The van der Waals surface area contributed by atoms with E-state index in [1.165, 1.54) is 41.0 Å². The Morgan fingerprint density at radius 1 is 1.03 bits per heavy atom. The normalized spacial score (nSPS) is 16.6. The molecule has 1 aliphatic rings. The Morgan fingerprint density at radius 2 is 1.56 bits per heavy atom. The van der Waals surface area contributed by atoms with Gasteiger partial charge in [0.2, 0.25) is 0 Å². The van der Waals surface area contributed by atoms with Crippen molar-refractivity contribution in [1.29, 1.82) is 0 Å². The minimum absolute atomic E-state index is 0.261. The average Bonchev–Trinajstić information content (AvgIpc) is 3.14. The largest absolute Gasteiger partial charge is 0.505 e. The van der Waals surface area contributed by atoms with Crippen molar-refractivity contribution in [3.8, 4) is 5.75 Å². The lowest BCUT2D eigenvalue weighted by Crippen LogP contribution is -2.33. The van der Waals surface area contributed by atoms with Crippen LogP contribution in [0.4, 0.5) is 4.39 Å². The third-order valence-electron chi connectivity index (χ3n) is 5.82. The van der Waals surface area contributed by atoms with Crippen molar-refractivity contribution in [2.75, 3.05) is 7.05 Å². The van der Waals surface area contributed by atoms with Gasteiger partial charge in [-0.1, -0.05) is 62.4 Å². The van der Waals surface area contributed by atoms with Crippen molar-refractivity contribution in [1.82, 2.24) is 0 Å². The Hall–Kier alpha value is -2.72. The summed E-state index contributed by atoms with van der Waals surface area (Å²) in [6.45, 7) is 17.6. The number of ketones is 1. The maximum Gasteiger partial charge on any atom is 0.167 e. The molecule has 0 fully saturated rings. The third kappa shape index (κ3) is 6.64. The lowest BCUT2D eigenvalue weighted by Gasteiger charge is -2.30. The number of aryl methyl sites for hydroxylation is 2. The molecule has 2 aromatic rings. The molecule has 0 aliphatic heterocycles. The molecule has 2 aromatic carbocycles. The minimum Gasteiger partial charge on any atom is -0.505 e. The molecule has 0 radical (unpaired) electrons. The van der Waals surface area contributed by atoms with E-state index in [1.54, 1.807) is 26.0 Å². The maximum atomic E-state index is 12.5. The van der Waals surface area contributed by atoms with Gasteiger partial charge in [-0.05, 0) is 88.4 Å². The van der Waals surface area contributed by atoms with Gasteiger partial charge >= 0.3 is 0 Å². The fraction of sp³-hybridized carbons (Fsp3) is 0.393. The van der Waals surface area contributed by atoms with E-state index in [1.807, 2.05) is 19.9 Å². The number of Topliss-reactive ketones (excluding diaryl/α,β-unsaturated/α-hetero) is 1. The van der Waals surface area contributed by atoms with E-state index in [0.717, 1.165) is 12.8 Å². The molecular formula is C28H40FNO2. The second-order valence-corrected chi connectivity index (χ2v) is 7.66. The second-order valence-electron chi connectivity index (χ2n) is 7.66. The van der Waals surface area contributed by atoms with Crippen LogP contribution in [0, 0.1) is 26.6 Å². The lowest BCUT2D eigenvalue weighted by atomic mass is 9.72. The smallest absolute Gasteiger partial charge is 0.167 e. The molecule has 0 spiro atoms. The van der Waals surface area contributed by atoms with Crippen LogP contribution in [0.3, 0.4) is 0 Å². The Balaban J connectivity index is 0.000000619. The van der Waals surface area contributed by atoms with Gasteiger partial charge in [-0.3, -0.25) is 4.79 Å². The van der Waals surface area contributed by atoms with Crippen molar-refractivity contribution < 1.29 is 14.3 Å². The van der Waals surface area contributed by atoms with Crippen LogP contribution in [0.5, 0.6) is 5.75 Å². The molecule has 1 atom stereocenters. The number of phenols is 1. The molecule has 176 valence electrons. The van der Waals surface area contributed by atoms with E-state index in [-0.39, 0.29) is 16.9 Å². The van der Waals surface area contributed by atoms with Gasteiger partial charge in [0.05, 0.1) is 5.41 Å². The topological polar surface area (TPSA) is 63.3 Å². The Bertz CT molecular complexity index is 926. The Kier molecular flexibility index (Phi) is 12.5. The van der Waals surface area contributed by atoms with E-state index >= 15 is 0 Å². The van der Waals surface area contributed by atoms with Crippen LogP contribution in [0.15, 0.2) is 60.2 Å².